The van der Waals surface area contributed by atoms with Crippen molar-refractivity contribution in [2.45, 2.75) is 32.7 Å². The smallest absolute Gasteiger partial charge is 0.254 e. The molecule has 1 saturated heterocycles. The molecule has 0 saturated carbocycles. The molecule has 0 aromatic heterocycles. The molecular weight excluding hydrogens is 328 g/mol. The Labute approximate surface area is 143 Å². The molecule has 0 radical (unpaired) electrons. The van der Waals surface area contributed by atoms with Crippen LogP contribution in [-0.2, 0) is 9.84 Å². The van der Waals surface area contributed by atoms with E-state index in [1.165, 1.54) is 0 Å². The van der Waals surface area contributed by atoms with E-state index in [0.717, 1.165) is 6.42 Å². The number of sulfone groups is 1. The van der Waals surface area contributed by atoms with Crippen LogP contribution in [0.4, 0.5) is 0 Å². The van der Waals surface area contributed by atoms with Crippen molar-refractivity contribution in [2.24, 2.45) is 0 Å². The summed E-state index contributed by atoms with van der Waals surface area (Å²) in [6, 6.07) is 6.22. The number of amides is 2. The standard InChI is InChI=1S/C17H24N2O4S/c1-3-10-18-16(20)13-5-7-14(8-6-13)17(21)19(4-2)15-9-11-24(22,23)12-15/h5-8,15H,3-4,9-12H2,1-2H3,(H,18,20). The molecule has 0 bridgehead atoms. The van der Waals surface area contributed by atoms with Crippen LogP contribution in [-0.4, -0.2) is 55.8 Å². The Kier molecular flexibility index (Phi) is 5.99. The maximum atomic E-state index is 12.7. The maximum absolute atomic E-state index is 12.7. The average Bonchev–Trinajstić information content (AvgIpc) is 2.93. The van der Waals surface area contributed by atoms with E-state index in [4.69, 9.17) is 0 Å². The molecule has 1 aromatic rings. The summed E-state index contributed by atoms with van der Waals surface area (Å²) in [7, 11) is -3.04. The number of nitrogens with one attached hydrogen (secondary N) is 1. The van der Waals surface area contributed by atoms with Gasteiger partial charge in [-0.25, -0.2) is 8.42 Å². The average molecular weight is 352 g/mol. The lowest BCUT2D eigenvalue weighted by Crippen LogP contribution is -2.41. The van der Waals surface area contributed by atoms with Crippen LogP contribution in [0.1, 0.15) is 47.4 Å². The fourth-order valence-electron chi connectivity index (χ4n) is 2.86. The quantitative estimate of drug-likeness (QED) is 0.840. The molecule has 2 rings (SSSR count). The highest BCUT2D eigenvalue weighted by molar-refractivity contribution is 7.91. The summed E-state index contributed by atoms with van der Waals surface area (Å²) < 4.78 is 23.3. The Morgan fingerprint density at radius 3 is 2.29 bits per heavy atom. The number of hydrogen-bond donors (Lipinski definition) is 1. The second kappa shape index (κ2) is 7.79. The number of carbonyl (C=O) groups is 2. The first-order valence-electron chi connectivity index (χ1n) is 8.27. The van der Waals surface area contributed by atoms with Crippen molar-refractivity contribution >= 4 is 21.7 Å². The molecule has 132 valence electrons. The lowest BCUT2D eigenvalue weighted by atomic mass is 10.1. The third-order valence-electron chi connectivity index (χ3n) is 4.18. The summed E-state index contributed by atoms with van der Waals surface area (Å²) in [4.78, 5) is 26.1. The van der Waals surface area contributed by atoms with Gasteiger partial charge < -0.3 is 10.2 Å². The zero-order valence-corrected chi connectivity index (χ0v) is 14.9. The van der Waals surface area contributed by atoms with Crippen molar-refractivity contribution in [1.29, 1.82) is 0 Å². The Morgan fingerprint density at radius 2 is 1.79 bits per heavy atom. The molecular formula is C17H24N2O4S. The lowest BCUT2D eigenvalue weighted by Gasteiger charge is -2.27. The fourth-order valence-corrected chi connectivity index (χ4v) is 4.59. The van der Waals surface area contributed by atoms with Gasteiger partial charge in [0.15, 0.2) is 9.84 Å². The number of hydrogen-bond acceptors (Lipinski definition) is 4. The predicted octanol–water partition coefficient (Wildman–Crippen LogP) is 1.48. The monoisotopic (exact) mass is 352 g/mol. The summed E-state index contributed by atoms with van der Waals surface area (Å²) in [5.41, 5.74) is 0.972. The minimum Gasteiger partial charge on any atom is -0.352 e. The highest BCUT2D eigenvalue weighted by Crippen LogP contribution is 2.20. The van der Waals surface area contributed by atoms with E-state index >= 15 is 0 Å². The van der Waals surface area contributed by atoms with Crippen molar-refractivity contribution < 1.29 is 18.0 Å². The predicted molar refractivity (Wildman–Crippen MR) is 92.8 cm³/mol. The Hall–Kier alpha value is -1.89. The van der Waals surface area contributed by atoms with Crippen LogP contribution in [0, 0.1) is 0 Å². The first-order chi connectivity index (χ1) is 11.4. The Balaban J connectivity index is 2.09. The van der Waals surface area contributed by atoms with Gasteiger partial charge in [-0.2, -0.15) is 0 Å². The second-order valence-electron chi connectivity index (χ2n) is 5.98. The summed E-state index contributed by atoms with van der Waals surface area (Å²) in [6.07, 6.45) is 1.34. The van der Waals surface area contributed by atoms with Gasteiger partial charge in [-0.05, 0) is 44.0 Å². The van der Waals surface area contributed by atoms with Crippen LogP contribution in [0.3, 0.4) is 0 Å². The van der Waals surface area contributed by atoms with Crippen LogP contribution in [0.15, 0.2) is 24.3 Å². The van der Waals surface area contributed by atoms with Gasteiger partial charge in [0, 0.05) is 30.3 Å². The van der Waals surface area contributed by atoms with E-state index in [9.17, 15) is 18.0 Å². The highest BCUT2D eigenvalue weighted by Gasteiger charge is 2.34. The topological polar surface area (TPSA) is 83.6 Å². The van der Waals surface area contributed by atoms with Crippen molar-refractivity contribution in [3.63, 3.8) is 0 Å². The molecule has 6 nitrogen and oxygen atoms in total. The molecule has 1 unspecified atom stereocenters. The Morgan fingerprint density at radius 1 is 1.17 bits per heavy atom. The molecule has 1 N–H and O–H groups in total. The van der Waals surface area contributed by atoms with Crippen molar-refractivity contribution in [3.05, 3.63) is 35.4 Å². The molecule has 0 aliphatic carbocycles. The van der Waals surface area contributed by atoms with Crippen LogP contribution in [0.5, 0.6) is 0 Å². The number of rotatable bonds is 6. The zero-order valence-electron chi connectivity index (χ0n) is 14.1. The second-order valence-corrected chi connectivity index (χ2v) is 8.21. The molecule has 7 heteroatoms. The number of carbonyl (C=O) groups excluding carboxylic acids is 2. The zero-order chi connectivity index (χ0) is 17.7. The van der Waals surface area contributed by atoms with E-state index in [1.54, 1.807) is 29.2 Å². The van der Waals surface area contributed by atoms with Crippen molar-refractivity contribution in [3.8, 4) is 0 Å². The number of benzene rings is 1. The van der Waals surface area contributed by atoms with E-state index in [1.807, 2.05) is 13.8 Å². The fraction of sp³-hybridized carbons (Fsp3) is 0.529. The largest absolute Gasteiger partial charge is 0.352 e. The van der Waals surface area contributed by atoms with Crippen LogP contribution >= 0.6 is 0 Å². The van der Waals surface area contributed by atoms with Crippen molar-refractivity contribution in [1.82, 2.24) is 10.2 Å². The van der Waals surface area contributed by atoms with Gasteiger partial charge in [0.1, 0.15) is 0 Å². The molecule has 1 fully saturated rings. The van der Waals surface area contributed by atoms with Crippen LogP contribution in [0.2, 0.25) is 0 Å². The number of nitrogens with zero attached hydrogens (tertiary/aromatic N) is 1. The van der Waals surface area contributed by atoms with Gasteiger partial charge >= 0.3 is 0 Å². The normalized spacial score (nSPS) is 19.0. The van der Waals surface area contributed by atoms with Gasteiger partial charge in [-0.1, -0.05) is 6.92 Å². The van der Waals surface area contributed by atoms with Crippen LogP contribution < -0.4 is 5.32 Å². The molecule has 1 atom stereocenters. The first kappa shape index (κ1) is 18.4. The molecule has 1 aliphatic rings. The van der Waals surface area contributed by atoms with Gasteiger partial charge in [0.2, 0.25) is 0 Å². The highest BCUT2D eigenvalue weighted by atomic mass is 32.2. The lowest BCUT2D eigenvalue weighted by molar-refractivity contribution is 0.0708. The first-order valence-corrected chi connectivity index (χ1v) is 10.1. The summed E-state index contributed by atoms with van der Waals surface area (Å²) in [5.74, 6) is -0.188. The third-order valence-corrected chi connectivity index (χ3v) is 5.93. The third kappa shape index (κ3) is 4.35. The maximum Gasteiger partial charge on any atom is 0.254 e. The minimum atomic E-state index is -3.04. The Bertz CT molecular complexity index is 698. The molecule has 1 aliphatic heterocycles. The summed E-state index contributed by atoms with van der Waals surface area (Å²) >= 11 is 0. The van der Waals surface area contributed by atoms with Crippen molar-refractivity contribution in [2.75, 3.05) is 24.6 Å². The SMILES string of the molecule is CCCNC(=O)c1ccc(C(=O)N(CC)C2CCS(=O)(=O)C2)cc1. The summed E-state index contributed by atoms with van der Waals surface area (Å²) in [5, 5.41) is 2.78. The van der Waals surface area contributed by atoms with Gasteiger partial charge in [-0.3, -0.25) is 9.59 Å². The minimum absolute atomic E-state index is 0.0318. The van der Waals surface area contributed by atoms with Gasteiger partial charge in [-0.15, -0.1) is 0 Å². The molecule has 1 heterocycles. The van der Waals surface area contributed by atoms with E-state index in [0.29, 0.717) is 30.6 Å². The molecule has 2 amide bonds. The van der Waals surface area contributed by atoms with E-state index in [2.05, 4.69) is 5.32 Å². The summed E-state index contributed by atoms with van der Waals surface area (Å²) in [6.45, 7) is 4.89. The molecule has 0 spiro atoms. The van der Waals surface area contributed by atoms with Crippen LogP contribution in [0.25, 0.3) is 0 Å². The molecule has 24 heavy (non-hydrogen) atoms. The van der Waals surface area contributed by atoms with Gasteiger partial charge in [0.05, 0.1) is 11.5 Å². The van der Waals surface area contributed by atoms with Gasteiger partial charge in [0.25, 0.3) is 11.8 Å². The van der Waals surface area contributed by atoms with E-state index in [-0.39, 0.29) is 29.4 Å². The van der Waals surface area contributed by atoms with E-state index < -0.39 is 9.84 Å². The molecule has 1 aromatic carbocycles.